The van der Waals surface area contributed by atoms with Gasteiger partial charge in [0.2, 0.25) is 0 Å². The molecule has 0 saturated heterocycles. The van der Waals surface area contributed by atoms with Gasteiger partial charge in [-0.05, 0) is 49.6 Å². The minimum absolute atomic E-state index is 0.284. The zero-order valence-corrected chi connectivity index (χ0v) is 14.7. The second-order valence-corrected chi connectivity index (χ2v) is 7.61. The fraction of sp³-hybridized carbons (Fsp3) is 0.368. The molecule has 0 fully saturated rings. The summed E-state index contributed by atoms with van der Waals surface area (Å²) in [4.78, 5) is 0.284. The first-order valence-electron chi connectivity index (χ1n) is 8.19. The number of benzene rings is 2. The summed E-state index contributed by atoms with van der Waals surface area (Å²) in [6.07, 6.45) is 5.99. The highest BCUT2D eigenvalue weighted by atomic mass is 32.2. The van der Waals surface area contributed by atoms with Crippen LogP contribution in [-0.2, 0) is 16.4 Å². The highest BCUT2D eigenvalue weighted by Gasteiger charge is 2.13. The van der Waals surface area contributed by atoms with Crippen LogP contribution in [0.3, 0.4) is 0 Å². The molecule has 124 valence electrons. The van der Waals surface area contributed by atoms with E-state index in [1.54, 1.807) is 24.3 Å². The molecule has 0 unspecified atom stereocenters. The number of sulfonamides is 1. The quantitative estimate of drug-likeness (QED) is 0.698. The summed E-state index contributed by atoms with van der Waals surface area (Å²) in [5.41, 5.74) is 2.89. The first-order chi connectivity index (χ1) is 11.0. The molecule has 0 aliphatic rings. The van der Waals surface area contributed by atoms with Crippen molar-refractivity contribution in [3.63, 3.8) is 0 Å². The van der Waals surface area contributed by atoms with Crippen molar-refractivity contribution < 1.29 is 8.42 Å². The van der Waals surface area contributed by atoms with Crippen molar-refractivity contribution in [3.8, 4) is 0 Å². The summed E-state index contributed by atoms with van der Waals surface area (Å²) < 4.78 is 27.3. The predicted molar refractivity (Wildman–Crippen MR) is 96.3 cm³/mol. The van der Waals surface area contributed by atoms with Crippen molar-refractivity contribution >= 4 is 15.7 Å². The third-order valence-electron chi connectivity index (χ3n) is 3.86. The number of anilines is 1. The number of unbranched alkanes of at least 4 members (excludes halogenated alkanes) is 3. The average Bonchev–Trinajstić information content (AvgIpc) is 2.53. The lowest BCUT2D eigenvalue weighted by molar-refractivity contribution is 0.601. The Labute approximate surface area is 139 Å². The molecule has 0 spiro atoms. The molecule has 2 aromatic carbocycles. The van der Waals surface area contributed by atoms with Gasteiger partial charge in [-0.1, -0.05) is 56.0 Å². The molecule has 1 N–H and O–H groups in total. The van der Waals surface area contributed by atoms with Crippen molar-refractivity contribution in [1.82, 2.24) is 0 Å². The van der Waals surface area contributed by atoms with Crippen molar-refractivity contribution in [2.45, 2.75) is 50.8 Å². The Bertz CT molecular complexity index is 704. The second kappa shape index (κ2) is 8.16. The molecule has 0 aliphatic heterocycles. The summed E-state index contributed by atoms with van der Waals surface area (Å²) in [5.74, 6) is 0. The highest BCUT2D eigenvalue weighted by molar-refractivity contribution is 7.92. The van der Waals surface area contributed by atoms with Crippen molar-refractivity contribution in [1.29, 1.82) is 0 Å². The van der Waals surface area contributed by atoms with E-state index in [4.69, 9.17) is 0 Å². The van der Waals surface area contributed by atoms with Crippen molar-refractivity contribution in [2.24, 2.45) is 0 Å². The van der Waals surface area contributed by atoms with Crippen LogP contribution < -0.4 is 4.72 Å². The van der Waals surface area contributed by atoms with E-state index < -0.39 is 10.0 Å². The first-order valence-corrected chi connectivity index (χ1v) is 9.68. The van der Waals surface area contributed by atoms with E-state index in [1.807, 2.05) is 31.2 Å². The molecule has 2 aromatic rings. The lowest BCUT2D eigenvalue weighted by atomic mass is 10.1. The zero-order valence-electron chi connectivity index (χ0n) is 13.9. The van der Waals surface area contributed by atoms with Gasteiger partial charge in [-0.15, -0.1) is 0 Å². The largest absolute Gasteiger partial charge is 0.280 e. The van der Waals surface area contributed by atoms with Gasteiger partial charge in [-0.3, -0.25) is 4.72 Å². The Morgan fingerprint density at radius 2 is 1.52 bits per heavy atom. The minimum atomic E-state index is -3.52. The lowest BCUT2D eigenvalue weighted by Crippen LogP contribution is -2.12. The maximum atomic E-state index is 12.3. The fourth-order valence-electron chi connectivity index (χ4n) is 2.43. The van der Waals surface area contributed by atoms with E-state index in [2.05, 4.69) is 11.6 Å². The lowest BCUT2D eigenvalue weighted by Gasteiger charge is -2.09. The third-order valence-corrected chi connectivity index (χ3v) is 5.25. The molecule has 0 amide bonds. The Kier molecular flexibility index (Phi) is 6.22. The van der Waals surface area contributed by atoms with Crippen LogP contribution in [0, 0.1) is 6.92 Å². The topological polar surface area (TPSA) is 46.2 Å². The van der Waals surface area contributed by atoms with E-state index in [-0.39, 0.29) is 4.90 Å². The van der Waals surface area contributed by atoms with Crippen LogP contribution in [-0.4, -0.2) is 8.42 Å². The molecule has 0 saturated carbocycles. The zero-order chi connectivity index (χ0) is 16.7. The number of hydrogen-bond acceptors (Lipinski definition) is 2. The van der Waals surface area contributed by atoms with Crippen LogP contribution >= 0.6 is 0 Å². The molecule has 0 aromatic heterocycles. The van der Waals surface area contributed by atoms with Gasteiger partial charge in [0.25, 0.3) is 10.0 Å². The molecule has 0 bridgehead atoms. The van der Waals surface area contributed by atoms with E-state index >= 15 is 0 Å². The van der Waals surface area contributed by atoms with Crippen LogP contribution in [0.5, 0.6) is 0 Å². The molecule has 4 heteroatoms. The molecule has 2 rings (SSSR count). The standard InChI is InChI=1S/C19H25NO2S/c1-3-4-5-6-7-17-10-12-18(13-11-17)20-23(21,22)19-14-8-16(2)9-15-19/h8-15,20H,3-7H2,1-2H3. The summed E-state index contributed by atoms with van der Waals surface area (Å²) >= 11 is 0. The summed E-state index contributed by atoms with van der Waals surface area (Å²) in [6.45, 7) is 4.14. The average molecular weight is 331 g/mol. The second-order valence-electron chi connectivity index (χ2n) is 5.93. The Balaban J connectivity index is 1.98. The maximum absolute atomic E-state index is 12.3. The van der Waals surface area contributed by atoms with Gasteiger partial charge in [0, 0.05) is 5.69 Å². The highest BCUT2D eigenvalue weighted by Crippen LogP contribution is 2.18. The van der Waals surface area contributed by atoms with E-state index in [0.29, 0.717) is 5.69 Å². The van der Waals surface area contributed by atoms with Gasteiger partial charge in [-0.2, -0.15) is 0 Å². The molecular formula is C19H25NO2S. The van der Waals surface area contributed by atoms with Crippen LogP contribution in [0.4, 0.5) is 5.69 Å². The smallest absolute Gasteiger partial charge is 0.261 e. The number of hydrogen-bond donors (Lipinski definition) is 1. The minimum Gasteiger partial charge on any atom is -0.280 e. The normalized spacial score (nSPS) is 11.4. The third kappa shape index (κ3) is 5.39. The SMILES string of the molecule is CCCCCCc1ccc(NS(=O)(=O)c2ccc(C)cc2)cc1. The Hall–Kier alpha value is -1.81. The number of aryl methyl sites for hydroxylation is 2. The van der Waals surface area contributed by atoms with Gasteiger partial charge in [0.1, 0.15) is 0 Å². The summed E-state index contributed by atoms with van der Waals surface area (Å²) in [6, 6.07) is 14.5. The van der Waals surface area contributed by atoms with E-state index in [0.717, 1.165) is 12.0 Å². The molecule has 0 radical (unpaired) electrons. The van der Waals surface area contributed by atoms with Crippen LogP contribution in [0.1, 0.15) is 43.7 Å². The van der Waals surface area contributed by atoms with Crippen molar-refractivity contribution in [2.75, 3.05) is 4.72 Å². The van der Waals surface area contributed by atoms with E-state index in [9.17, 15) is 8.42 Å². The van der Waals surface area contributed by atoms with Crippen LogP contribution in [0.2, 0.25) is 0 Å². The van der Waals surface area contributed by atoms with Crippen LogP contribution in [0.15, 0.2) is 53.4 Å². The number of nitrogens with one attached hydrogen (secondary N) is 1. The fourth-order valence-corrected chi connectivity index (χ4v) is 3.49. The first kappa shape index (κ1) is 17.5. The van der Waals surface area contributed by atoms with Gasteiger partial charge in [0.15, 0.2) is 0 Å². The molecular weight excluding hydrogens is 306 g/mol. The Morgan fingerprint density at radius 1 is 0.870 bits per heavy atom. The molecule has 23 heavy (non-hydrogen) atoms. The van der Waals surface area contributed by atoms with Gasteiger partial charge >= 0.3 is 0 Å². The summed E-state index contributed by atoms with van der Waals surface area (Å²) in [5, 5.41) is 0. The van der Waals surface area contributed by atoms with Crippen molar-refractivity contribution in [3.05, 3.63) is 59.7 Å². The molecule has 0 heterocycles. The Morgan fingerprint density at radius 3 is 2.13 bits per heavy atom. The van der Waals surface area contributed by atoms with Gasteiger partial charge < -0.3 is 0 Å². The number of rotatable bonds is 8. The maximum Gasteiger partial charge on any atom is 0.261 e. The molecule has 3 nitrogen and oxygen atoms in total. The monoisotopic (exact) mass is 331 g/mol. The summed E-state index contributed by atoms with van der Waals surface area (Å²) in [7, 11) is -3.52. The molecule has 0 atom stereocenters. The van der Waals surface area contributed by atoms with Gasteiger partial charge in [-0.25, -0.2) is 8.42 Å². The van der Waals surface area contributed by atoms with Crippen LogP contribution in [0.25, 0.3) is 0 Å². The van der Waals surface area contributed by atoms with Gasteiger partial charge in [0.05, 0.1) is 4.90 Å². The van der Waals surface area contributed by atoms with E-state index in [1.165, 1.54) is 31.2 Å². The molecule has 0 aliphatic carbocycles. The predicted octanol–water partition coefficient (Wildman–Crippen LogP) is 4.92.